The van der Waals surface area contributed by atoms with E-state index in [1.165, 1.54) is 18.2 Å². The number of amides is 1. The van der Waals surface area contributed by atoms with Crippen LogP contribution in [-0.4, -0.2) is 59.5 Å². The number of imidazole rings is 1. The Morgan fingerprint density at radius 2 is 1.89 bits per heavy atom. The van der Waals surface area contributed by atoms with Crippen molar-refractivity contribution in [2.75, 3.05) is 26.8 Å². The number of fused-ring (bicyclic) bond motifs is 2. The molecule has 0 spiro atoms. The smallest absolute Gasteiger partial charge is 0.395 e. The molecule has 2 aliphatic heterocycles. The second-order valence-corrected chi connectivity index (χ2v) is 11.4. The third kappa shape index (κ3) is 6.39. The number of carbonyl (C=O) groups is 1. The van der Waals surface area contributed by atoms with E-state index in [1.54, 1.807) is 19.2 Å². The van der Waals surface area contributed by atoms with Crippen molar-refractivity contribution < 1.29 is 32.2 Å². The summed E-state index contributed by atoms with van der Waals surface area (Å²) >= 11 is 0. The molecule has 3 aromatic carbocycles. The molecular formula is C33H35F3N4O4. The average Bonchev–Trinajstić information content (AvgIpc) is 3.54. The van der Waals surface area contributed by atoms with Gasteiger partial charge in [-0.15, -0.1) is 8.78 Å². The molecule has 1 fully saturated rings. The van der Waals surface area contributed by atoms with Crippen molar-refractivity contribution in [3.8, 4) is 22.6 Å². The summed E-state index contributed by atoms with van der Waals surface area (Å²) in [6.07, 6.45) is -0.493. The van der Waals surface area contributed by atoms with Crippen molar-refractivity contribution in [3.63, 3.8) is 0 Å². The number of hydrogen-bond donors (Lipinski definition) is 1. The standard InChI is InChI=1S/C33H35F3N4O4/c1-42-16-4-15-40-27-7-2-6-26(34)31(27)38-32(40)24-5-3-14-39(20-24)30(41)19-25(37)17-21-8-10-22(11-9-21)23-12-13-28-29(18-23)44-33(35,36)43-28/h2,6-13,18,24-25H,3-5,14-17,19-20,37H2,1H3. The van der Waals surface area contributed by atoms with E-state index in [-0.39, 0.29) is 41.6 Å². The van der Waals surface area contributed by atoms with Gasteiger partial charge in [-0.1, -0.05) is 36.4 Å². The number of piperidine rings is 1. The molecule has 0 aliphatic carbocycles. The second-order valence-electron chi connectivity index (χ2n) is 11.4. The monoisotopic (exact) mass is 608 g/mol. The lowest BCUT2D eigenvalue weighted by molar-refractivity contribution is -0.286. The van der Waals surface area contributed by atoms with Gasteiger partial charge in [0.05, 0.1) is 5.52 Å². The van der Waals surface area contributed by atoms with Gasteiger partial charge >= 0.3 is 6.29 Å². The van der Waals surface area contributed by atoms with Crippen molar-refractivity contribution in [1.29, 1.82) is 0 Å². The normalized spacial score (nSPS) is 18.1. The molecule has 44 heavy (non-hydrogen) atoms. The first kappa shape index (κ1) is 30.0. The van der Waals surface area contributed by atoms with Crippen molar-refractivity contribution in [2.45, 2.75) is 56.9 Å². The molecule has 11 heteroatoms. The fraction of sp³-hybridized carbons (Fsp3) is 0.394. The highest BCUT2D eigenvalue weighted by Crippen LogP contribution is 2.43. The maximum atomic E-state index is 14.6. The van der Waals surface area contributed by atoms with E-state index in [2.05, 4.69) is 14.0 Å². The van der Waals surface area contributed by atoms with Crippen molar-refractivity contribution >= 4 is 16.9 Å². The summed E-state index contributed by atoms with van der Waals surface area (Å²) in [4.78, 5) is 19.9. The molecule has 0 saturated carbocycles. The predicted molar refractivity (Wildman–Crippen MR) is 159 cm³/mol. The third-order valence-corrected chi connectivity index (χ3v) is 8.25. The second kappa shape index (κ2) is 12.5. The predicted octanol–water partition coefficient (Wildman–Crippen LogP) is 5.87. The summed E-state index contributed by atoms with van der Waals surface area (Å²) in [5.74, 6) is 0.433. The molecule has 1 aromatic heterocycles. The number of aromatic nitrogens is 2. The summed E-state index contributed by atoms with van der Waals surface area (Å²) in [6.45, 7) is 2.40. The molecule has 2 unspecified atom stereocenters. The first-order valence-electron chi connectivity index (χ1n) is 14.9. The Morgan fingerprint density at radius 3 is 2.68 bits per heavy atom. The largest absolute Gasteiger partial charge is 0.586 e. The van der Waals surface area contributed by atoms with Crippen LogP contribution in [0.2, 0.25) is 0 Å². The maximum absolute atomic E-state index is 14.6. The highest BCUT2D eigenvalue weighted by Gasteiger charge is 2.43. The summed E-state index contributed by atoms with van der Waals surface area (Å²) in [5, 5.41) is 0. The van der Waals surface area contributed by atoms with Crippen LogP contribution in [0.25, 0.3) is 22.2 Å². The minimum absolute atomic E-state index is 0.000612. The number of para-hydroxylation sites is 1. The van der Waals surface area contributed by atoms with Crippen LogP contribution in [0.1, 0.15) is 43.0 Å². The minimum atomic E-state index is -3.66. The van der Waals surface area contributed by atoms with Gasteiger partial charge in [-0.05, 0) is 66.6 Å². The molecule has 2 aliphatic rings. The number of rotatable bonds is 10. The van der Waals surface area contributed by atoms with Gasteiger partial charge in [0.25, 0.3) is 0 Å². The van der Waals surface area contributed by atoms with Crippen LogP contribution in [-0.2, 0) is 22.5 Å². The van der Waals surface area contributed by atoms with Crippen LogP contribution < -0.4 is 15.2 Å². The summed E-state index contributed by atoms with van der Waals surface area (Å²) in [6, 6.07) is 16.9. The van der Waals surface area contributed by atoms with Crippen molar-refractivity contribution in [2.24, 2.45) is 5.73 Å². The minimum Gasteiger partial charge on any atom is -0.395 e. The number of halogens is 3. The number of nitrogens with zero attached hydrogens (tertiary/aromatic N) is 3. The van der Waals surface area contributed by atoms with Crippen LogP contribution in [0.4, 0.5) is 13.2 Å². The summed E-state index contributed by atoms with van der Waals surface area (Å²) < 4.78 is 57.7. The molecule has 3 heterocycles. The zero-order valence-corrected chi connectivity index (χ0v) is 24.5. The van der Waals surface area contributed by atoms with Crippen molar-refractivity contribution in [1.82, 2.24) is 14.5 Å². The van der Waals surface area contributed by atoms with Gasteiger partial charge < -0.3 is 29.4 Å². The number of benzene rings is 3. The van der Waals surface area contributed by atoms with Crippen LogP contribution in [0.15, 0.2) is 60.7 Å². The Kier molecular flexibility index (Phi) is 8.50. The molecule has 232 valence electrons. The lowest BCUT2D eigenvalue weighted by Gasteiger charge is -2.33. The quantitative estimate of drug-likeness (QED) is 0.227. The molecule has 2 N–H and O–H groups in total. The molecule has 0 bridgehead atoms. The molecule has 8 nitrogen and oxygen atoms in total. The Bertz CT molecular complexity index is 1640. The van der Waals surface area contributed by atoms with Crippen LogP contribution in [0.3, 0.4) is 0 Å². The fourth-order valence-electron chi connectivity index (χ4n) is 6.15. The highest BCUT2D eigenvalue weighted by molar-refractivity contribution is 5.78. The van der Waals surface area contributed by atoms with E-state index < -0.39 is 6.29 Å². The van der Waals surface area contributed by atoms with Crippen LogP contribution in [0, 0.1) is 5.82 Å². The Morgan fingerprint density at radius 1 is 1.11 bits per heavy atom. The number of aryl methyl sites for hydroxylation is 1. The lowest BCUT2D eigenvalue weighted by atomic mass is 9.95. The molecule has 2 atom stereocenters. The number of likely N-dealkylation sites (tertiary alicyclic amines) is 1. The lowest BCUT2D eigenvalue weighted by Crippen LogP contribution is -2.42. The number of alkyl halides is 2. The molecule has 1 saturated heterocycles. The number of methoxy groups -OCH3 is 1. The zero-order chi connectivity index (χ0) is 30.8. The zero-order valence-electron chi connectivity index (χ0n) is 24.5. The summed E-state index contributed by atoms with van der Waals surface area (Å²) in [5.41, 5.74) is 10.1. The van der Waals surface area contributed by atoms with Crippen LogP contribution in [0.5, 0.6) is 11.5 Å². The van der Waals surface area contributed by atoms with Gasteiger partial charge in [0, 0.05) is 51.7 Å². The first-order valence-corrected chi connectivity index (χ1v) is 14.9. The SMILES string of the molecule is COCCCn1c(C2CCCN(C(=O)CC(N)Cc3ccc(-c4ccc5c(c4)OC(F)(F)O5)cc3)C2)nc2c(F)cccc21. The molecular weight excluding hydrogens is 573 g/mol. The Labute approximate surface area is 253 Å². The van der Waals surface area contributed by atoms with Gasteiger partial charge in [0.1, 0.15) is 11.3 Å². The van der Waals surface area contributed by atoms with Crippen molar-refractivity contribution in [3.05, 3.63) is 77.9 Å². The molecule has 6 rings (SSSR count). The van der Waals surface area contributed by atoms with E-state index in [0.717, 1.165) is 41.7 Å². The number of nitrogens with two attached hydrogens (primary N) is 1. The fourth-order valence-corrected chi connectivity index (χ4v) is 6.15. The van der Waals surface area contributed by atoms with Gasteiger partial charge in [-0.25, -0.2) is 9.37 Å². The van der Waals surface area contributed by atoms with Gasteiger partial charge in [0.15, 0.2) is 17.3 Å². The Balaban J connectivity index is 1.08. The average molecular weight is 609 g/mol. The third-order valence-electron chi connectivity index (χ3n) is 8.25. The Hall–Kier alpha value is -4.09. The maximum Gasteiger partial charge on any atom is 0.586 e. The van der Waals surface area contributed by atoms with Gasteiger partial charge in [-0.2, -0.15) is 0 Å². The highest BCUT2D eigenvalue weighted by atomic mass is 19.3. The van der Waals surface area contributed by atoms with Crippen LogP contribution >= 0.6 is 0 Å². The van der Waals surface area contributed by atoms with E-state index in [0.29, 0.717) is 43.7 Å². The molecule has 1 amide bonds. The molecule has 0 radical (unpaired) electrons. The topological polar surface area (TPSA) is 91.8 Å². The first-order chi connectivity index (χ1) is 21.2. The molecule has 4 aromatic rings. The van der Waals surface area contributed by atoms with Gasteiger partial charge in [-0.3, -0.25) is 4.79 Å². The van der Waals surface area contributed by atoms with E-state index >= 15 is 0 Å². The van der Waals surface area contributed by atoms with Gasteiger partial charge in [0.2, 0.25) is 5.91 Å². The number of carbonyl (C=O) groups excluding carboxylic acids is 1. The van der Waals surface area contributed by atoms with E-state index in [1.807, 2.05) is 35.2 Å². The van der Waals surface area contributed by atoms with E-state index in [4.69, 9.17) is 15.5 Å². The summed E-state index contributed by atoms with van der Waals surface area (Å²) in [7, 11) is 1.66. The number of ether oxygens (including phenoxy) is 3. The van der Waals surface area contributed by atoms with E-state index in [9.17, 15) is 18.0 Å². The number of hydrogen-bond acceptors (Lipinski definition) is 6.